The molecule has 0 radical (unpaired) electrons. The Balaban J connectivity index is 2.06. The number of primary amides is 1. The number of carbonyl (C=O) groups excluding carboxylic acids is 2. The molecule has 4 N–H and O–H groups in total. The van der Waals surface area contributed by atoms with Crippen molar-refractivity contribution < 1.29 is 19.5 Å². The highest BCUT2D eigenvalue weighted by Crippen LogP contribution is 2.30. The third-order valence-electron chi connectivity index (χ3n) is 3.32. The second-order valence-electron chi connectivity index (χ2n) is 5.28. The molecule has 7 heteroatoms. The first-order valence-corrected chi connectivity index (χ1v) is 8.25. The average molecular weight is 346 g/mol. The minimum Gasteiger partial charge on any atom is -0.481 e. The van der Waals surface area contributed by atoms with Gasteiger partial charge in [0.2, 0.25) is 5.91 Å². The van der Waals surface area contributed by atoms with E-state index in [1.807, 2.05) is 30.3 Å². The number of hydrogen-bond donors (Lipinski definition) is 3. The van der Waals surface area contributed by atoms with Crippen LogP contribution in [0.15, 0.2) is 36.4 Å². The van der Waals surface area contributed by atoms with E-state index in [1.165, 1.54) is 11.3 Å². The number of amides is 2. The number of nitrogens with one attached hydrogen (secondary N) is 1. The van der Waals surface area contributed by atoms with Gasteiger partial charge in [0.15, 0.2) is 0 Å². The molecule has 24 heavy (non-hydrogen) atoms. The monoisotopic (exact) mass is 346 g/mol. The van der Waals surface area contributed by atoms with Crippen molar-refractivity contribution in [1.29, 1.82) is 0 Å². The second-order valence-corrected chi connectivity index (χ2v) is 6.41. The predicted molar refractivity (Wildman–Crippen MR) is 92.2 cm³/mol. The Morgan fingerprint density at radius 2 is 1.83 bits per heavy atom. The summed E-state index contributed by atoms with van der Waals surface area (Å²) in [6.07, 6.45) is 0.895. The number of hydrogen-bond acceptors (Lipinski definition) is 4. The third-order valence-corrected chi connectivity index (χ3v) is 4.37. The van der Waals surface area contributed by atoms with Crippen LogP contribution in [0.25, 0.3) is 0 Å². The lowest BCUT2D eigenvalue weighted by molar-refractivity contribution is -0.137. The lowest BCUT2D eigenvalue weighted by Crippen LogP contribution is -2.16. The summed E-state index contributed by atoms with van der Waals surface area (Å²) in [4.78, 5) is 34.8. The molecule has 126 valence electrons. The Labute approximate surface area is 143 Å². The van der Waals surface area contributed by atoms with E-state index < -0.39 is 11.9 Å². The van der Waals surface area contributed by atoms with Gasteiger partial charge in [-0.05, 0) is 18.1 Å². The van der Waals surface area contributed by atoms with Crippen molar-refractivity contribution >= 4 is 34.1 Å². The van der Waals surface area contributed by atoms with E-state index in [9.17, 15) is 14.4 Å². The number of thiophene rings is 1. The van der Waals surface area contributed by atoms with Crippen molar-refractivity contribution in [1.82, 2.24) is 0 Å². The molecular weight excluding hydrogens is 328 g/mol. The predicted octanol–water partition coefficient (Wildman–Crippen LogP) is 2.63. The van der Waals surface area contributed by atoms with Crippen LogP contribution in [0.3, 0.4) is 0 Å². The van der Waals surface area contributed by atoms with Crippen LogP contribution in [0.5, 0.6) is 0 Å². The SMILES string of the molecule is NC(=O)c1cc(Cc2ccccc2)sc1NC(=O)CCCC(=O)O. The van der Waals surface area contributed by atoms with E-state index in [0.29, 0.717) is 11.4 Å². The molecule has 0 fully saturated rings. The molecule has 1 heterocycles. The second kappa shape index (κ2) is 8.26. The molecule has 2 amide bonds. The van der Waals surface area contributed by atoms with E-state index in [4.69, 9.17) is 10.8 Å². The third kappa shape index (κ3) is 5.20. The van der Waals surface area contributed by atoms with Gasteiger partial charge in [-0.3, -0.25) is 14.4 Å². The fraction of sp³-hybridized carbons (Fsp3) is 0.235. The van der Waals surface area contributed by atoms with Gasteiger partial charge in [0.1, 0.15) is 5.00 Å². The summed E-state index contributed by atoms with van der Waals surface area (Å²) in [5, 5.41) is 11.7. The van der Waals surface area contributed by atoms with Gasteiger partial charge in [0, 0.05) is 24.1 Å². The number of anilines is 1. The van der Waals surface area contributed by atoms with Gasteiger partial charge < -0.3 is 16.2 Å². The highest BCUT2D eigenvalue weighted by molar-refractivity contribution is 7.16. The normalized spacial score (nSPS) is 10.3. The molecular formula is C17H18N2O4S. The van der Waals surface area contributed by atoms with Gasteiger partial charge in [0.25, 0.3) is 5.91 Å². The van der Waals surface area contributed by atoms with Crippen molar-refractivity contribution in [2.45, 2.75) is 25.7 Å². The van der Waals surface area contributed by atoms with Crippen molar-refractivity contribution in [2.24, 2.45) is 5.73 Å². The lowest BCUT2D eigenvalue weighted by atomic mass is 10.1. The van der Waals surface area contributed by atoms with Crippen LogP contribution in [0.2, 0.25) is 0 Å². The summed E-state index contributed by atoms with van der Waals surface area (Å²) in [7, 11) is 0. The molecule has 1 aromatic carbocycles. The highest BCUT2D eigenvalue weighted by atomic mass is 32.1. The summed E-state index contributed by atoms with van der Waals surface area (Å²) >= 11 is 1.30. The standard InChI is InChI=1S/C17H18N2O4S/c18-16(23)13-10-12(9-11-5-2-1-3-6-11)24-17(13)19-14(20)7-4-8-15(21)22/h1-3,5-6,10H,4,7-9H2,(H2,18,23)(H,19,20)(H,21,22). The molecule has 0 spiro atoms. The maximum Gasteiger partial charge on any atom is 0.303 e. The Morgan fingerprint density at radius 3 is 2.46 bits per heavy atom. The largest absolute Gasteiger partial charge is 0.481 e. The zero-order valence-electron chi connectivity index (χ0n) is 13.0. The van der Waals surface area contributed by atoms with Crippen molar-refractivity contribution in [3.8, 4) is 0 Å². The molecule has 0 unspecified atom stereocenters. The molecule has 0 saturated carbocycles. The van der Waals surface area contributed by atoms with Crippen molar-refractivity contribution in [3.63, 3.8) is 0 Å². The maximum atomic E-state index is 11.9. The molecule has 0 saturated heterocycles. The quantitative estimate of drug-likeness (QED) is 0.682. The summed E-state index contributed by atoms with van der Waals surface area (Å²) in [6.45, 7) is 0. The van der Waals surface area contributed by atoms with Gasteiger partial charge in [-0.1, -0.05) is 30.3 Å². The fourth-order valence-corrected chi connectivity index (χ4v) is 3.30. The number of carbonyl (C=O) groups is 3. The highest BCUT2D eigenvalue weighted by Gasteiger charge is 2.16. The molecule has 1 aromatic heterocycles. The number of aliphatic carboxylic acids is 1. The van der Waals surface area contributed by atoms with Crippen LogP contribution in [-0.4, -0.2) is 22.9 Å². The van der Waals surface area contributed by atoms with E-state index >= 15 is 0 Å². The molecule has 0 aliphatic rings. The Morgan fingerprint density at radius 1 is 1.12 bits per heavy atom. The van der Waals surface area contributed by atoms with E-state index in [0.717, 1.165) is 10.4 Å². The Hall–Kier alpha value is -2.67. The number of benzene rings is 1. The number of rotatable bonds is 8. The molecule has 6 nitrogen and oxygen atoms in total. The lowest BCUT2D eigenvalue weighted by Gasteiger charge is -2.03. The molecule has 0 atom stereocenters. The molecule has 2 aromatic rings. The molecule has 0 aliphatic heterocycles. The van der Waals surface area contributed by atoms with Crippen molar-refractivity contribution in [2.75, 3.05) is 5.32 Å². The topological polar surface area (TPSA) is 109 Å². The summed E-state index contributed by atoms with van der Waals surface area (Å²) in [5.41, 5.74) is 6.74. The van der Waals surface area contributed by atoms with Gasteiger partial charge in [-0.25, -0.2) is 0 Å². The van der Waals surface area contributed by atoms with Crippen LogP contribution >= 0.6 is 11.3 Å². The zero-order chi connectivity index (χ0) is 17.5. The number of carboxylic acid groups (broad SMARTS) is 1. The fourth-order valence-electron chi connectivity index (χ4n) is 2.19. The first-order valence-electron chi connectivity index (χ1n) is 7.44. The van der Waals surface area contributed by atoms with Crippen LogP contribution in [0, 0.1) is 0 Å². The Kier molecular flexibility index (Phi) is 6.08. The van der Waals surface area contributed by atoms with Crippen molar-refractivity contribution in [3.05, 3.63) is 52.4 Å². The van der Waals surface area contributed by atoms with Gasteiger partial charge in [0.05, 0.1) is 5.56 Å². The summed E-state index contributed by atoms with van der Waals surface area (Å²) < 4.78 is 0. The van der Waals surface area contributed by atoms with Gasteiger partial charge in [-0.2, -0.15) is 0 Å². The molecule has 0 bridgehead atoms. The summed E-state index contributed by atoms with van der Waals surface area (Å²) in [6, 6.07) is 11.4. The molecule has 0 aliphatic carbocycles. The van der Waals surface area contributed by atoms with E-state index in [1.54, 1.807) is 6.07 Å². The number of carboxylic acids is 1. The first-order chi connectivity index (χ1) is 11.5. The van der Waals surface area contributed by atoms with E-state index in [2.05, 4.69) is 5.32 Å². The van der Waals surface area contributed by atoms with Crippen LogP contribution < -0.4 is 11.1 Å². The van der Waals surface area contributed by atoms with Gasteiger partial charge in [-0.15, -0.1) is 11.3 Å². The average Bonchev–Trinajstić information content (AvgIpc) is 2.90. The zero-order valence-corrected chi connectivity index (χ0v) is 13.8. The maximum absolute atomic E-state index is 11.9. The Bertz CT molecular complexity index is 740. The minimum atomic E-state index is -0.943. The van der Waals surface area contributed by atoms with Crippen LogP contribution in [0.4, 0.5) is 5.00 Å². The minimum absolute atomic E-state index is 0.0696. The van der Waals surface area contributed by atoms with Crippen LogP contribution in [0.1, 0.15) is 40.1 Å². The molecule has 2 rings (SSSR count). The van der Waals surface area contributed by atoms with Gasteiger partial charge >= 0.3 is 5.97 Å². The smallest absolute Gasteiger partial charge is 0.303 e. The van der Waals surface area contributed by atoms with Crippen LogP contribution in [-0.2, 0) is 16.0 Å². The first kappa shape index (κ1) is 17.7. The summed E-state index contributed by atoms with van der Waals surface area (Å²) in [5.74, 6) is -1.87. The number of nitrogens with two attached hydrogens (primary N) is 1. The van der Waals surface area contributed by atoms with E-state index in [-0.39, 0.29) is 30.7 Å².